The second-order valence-corrected chi connectivity index (χ2v) is 5.31. The van der Waals surface area contributed by atoms with Crippen LogP contribution in [-0.4, -0.2) is 44.9 Å². The number of rotatable bonds is 2. The maximum atomic E-state index is 12.0. The molecule has 0 bridgehead atoms. The van der Waals surface area contributed by atoms with Crippen molar-refractivity contribution in [1.82, 2.24) is 19.2 Å². The van der Waals surface area contributed by atoms with Crippen LogP contribution in [0.15, 0.2) is 9.59 Å². The van der Waals surface area contributed by atoms with Crippen molar-refractivity contribution in [2.45, 2.75) is 31.8 Å². The van der Waals surface area contributed by atoms with E-state index in [1.165, 1.54) is 11.7 Å². The molecule has 1 aromatic heterocycles. The Hall–Kier alpha value is -1.63. The minimum atomic E-state index is -0.410. The van der Waals surface area contributed by atoms with Gasteiger partial charge < -0.3 is 10.2 Å². The molecule has 2 heterocycles. The standard InChI is InChI=1S/C12H21N5O2/c1-8-7-9(5-6-15(8)2)13-10-11(18)16(3)12(19)17(4)14-10/h8-9H,5-7H2,1-4H3,(H,13,14). The highest BCUT2D eigenvalue weighted by atomic mass is 16.2. The fraction of sp³-hybridized carbons (Fsp3) is 0.750. The fourth-order valence-electron chi connectivity index (χ4n) is 2.40. The molecule has 7 nitrogen and oxygen atoms in total. The van der Waals surface area contributed by atoms with Gasteiger partial charge in [0.25, 0.3) is 5.56 Å². The molecular formula is C12H21N5O2. The summed E-state index contributed by atoms with van der Waals surface area (Å²) >= 11 is 0. The van der Waals surface area contributed by atoms with Gasteiger partial charge in [-0.25, -0.2) is 9.48 Å². The summed E-state index contributed by atoms with van der Waals surface area (Å²) in [7, 11) is 5.11. The number of nitrogens with one attached hydrogen (secondary N) is 1. The van der Waals surface area contributed by atoms with Crippen LogP contribution in [0.4, 0.5) is 5.82 Å². The monoisotopic (exact) mass is 267 g/mol. The third-order valence-corrected chi connectivity index (χ3v) is 3.87. The lowest BCUT2D eigenvalue weighted by Crippen LogP contribution is -2.45. The molecule has 1 N–H and O–H groups in total. The largest absolute Gasteiger partial charge is 0.361 e. The Morgan fingerprint density at radius 3 is 2.58 bits per heavy atom. The Labute approximate surface area is 111 Å². The molecule has 0 radical (unpaired) electrons. The lowest BCUT2D eigenvalue weighted by atomic mass is 9.99. The number of aromatic nitrogens is 3. The Morgan fingerprint density at radius 2 is 1.95 bits per heavy atom. The second kappa shape index (κ2) is 5.16. The molecule has 0 spiro atoms. The van der Waals surface area contributed by atoms with Gasteiger partial charge in [0.15, 0.2) is 0 Å². The highest BCUT2D eigenvalue weighted by molar-refractivity contribution is 5.31. The summed E-state index contributed by atoms with van der Waals surface area (Å²) in [5.41, 5.74) is -0.776. The predicted molar refractivity (Wildman–Crippen MR) is 73.5 cm³/mol. The molecule has 19 heavy (non-hydrogen) atoms. The number of piperidine rings is 1. The lowest BCUT2D eigenvalue weighted by Gasteiger charge is -2.35. The molecule has 0 aliphatic carbocycles. The molecular weight excluding hydrogens is 246 g/mol. The van der Waals surface area contributed by atoms with Crippen LogP contribution in [0.25, 0.3) is 0 Å². The van der Waals surface area contributed by atoms with Crippen molar-refractivity contribution in [3.63, 3.8) is 0 Å². The smallest absolute Gasteiger partial charge is 0.346 e. The van der Waals surface area contributed by atoms with Gasteiger partial charge in [-0.3, -0.25) is 9.36 Å². The zero-order chi connectivity index (χ0) is 14.2. The lowest BCUT2D eigenvalue weighted by molar-refractivity contribution is 0.189. The Bertz CT molecular complexity index is 576. The van der Waals surface area contributed by atoms with Crippen LogP contribution in [0.3, 0.4) is 0 Å². The molecule has 7 heteroatoms. The van der Waals surface area contributed by atoms with E-state index < -0.39 is 5.69 Å². The molecule has 0 saturated carbocycles. The van der Waals surface area contributed by atoms with E-state index in [2.05, 4.69) is 29.3 Å². The molecule has 1 fully saturated rings. The van der Waals surface area contributed by atoms with E-state index in [1.807, 2.05) is 0 Å². The predicted octanol–water partition coefficient (Wildman–Crippen LogP) is -0.626. The van der Waals surface area contributed by atoms with E-state index in [1.54, 1.807) is 7.05 Å². The normalized spacial score (nSPS) is 24.4. The van der Waals surface area contributed by atoms with Gasteiger partial charge in [-0.15, -0.1) is 5.10 Å². The molecule has 2 rings (SSSR count). The molecule has 0 aromatic carbocycles. The third-order valence-electron chi connectivity index (χ3n) is 3.87. The zero-order valence-corrected chi connectivity index (χ0v) is 11.9. The van der Waals surface area contributed by atoms with Gasteiger partial charge in [0, 0.05) is 32.7 Å². The van der Waals surface area contributed by atoms with Gasteiger partial charge in [-0.2, -0.15) is 0 Å². The van der Waals surface area contributed by atoms with Crippen molar-refractivity contribution in [2.24, 2.45) is 14.1 Å². The number of anilines is 1. The first-order valence-electron chi connectivity index (χ1n) is 6.51. The SMILES string of the molecule is CC1CC(Nc2nn(C)c(=O)n(C)c2=O)CCN1C. The number of hydrogen-bond acceptors (Lipinski definition) is 5. The minimum absolute atomic E-state index is 0.226. The highest BCUT2D eigenvalue weighted by Crippen LogP contribution is 2.17. The topological polar surface area (TPSA) is 72.2 Å². The van der Waals surface area contributed by atoms with Crippen molar-refractivity contribution in [3.05, 3.63) is 20.8 Å². The average molecular weight is 267 g/mol. The van der Waals surface area contributed by atoms with Crippen LogP contribution in [0.5, 0.6) is 0 Å². The Morgan fingerprint density at radius 1 is 1.26 bits per heavy atom. The summed E-state index contributed by atoms with van der Waals surface area (Å²) in [6, 6.07) is 0.700. The molecule has 1 saturated heterocycles. The van der Waals surface area contributed by atoms with Gasteiger partial charge >= 0.3 is 5.69 Å². The quantitative estimate of drug-likeness (QED) is 0.773. The maximum absolute atomic E-state index is 12.0. The van der Waals surface area contributed by atoms with Crippen LogP contribution in [0.1, 0.15) is 19.8 Å². The van der Waals surface area contributed by atoms with E-state index >= 15 is 0 Å². The van der Waals surface area contributed by atoms with Crippen LogP contribution < -0.4 is 16.6 Å². The summed E-state index contributed by atoms with van der Waals surface area (Å²) in [6.45, 7) is 3.16. The van der Waals surface area contributed by atoms with E-state index in [4.69, 9.17) is 0 Å². The Balaban J connectivity index is 2.21. The third kappa shape index (κ3) is 2.70. The summed E-state index contributed by atoms with van der Waals surface area (Å²) < 4.78 is 2.26. The second-order valence-electron chi connectivity index (χ2n) is 5.31. The number of aryl methyl sites for hydroxylation is 1. The van der Waals surface area contributed by atoms with Gasteiger partial charge in [-0.05, 0) is 26.8 Å². The molecule has 106 valence electrons. The van der Waals surface area contributed by atoms with Gasteiger partial charge in [0.05, 0.1) is 0 Å². The number of likely N-dealkylation sites (tertiary alicyclic amines) is 1. The van der Waals surface area contributed by atoms with Crippen LogP contribution in [-0.2, 0) is 14.1 Å². The summed E-state index contributed by atoms with van der Waals surface area (Å²) in [5, 5.41) is 7.20. The summed E-state index contributed by atoms with van der Waals surface area (Å²) in [6.07, 6.45) is 1.93. The van der Waals surface area contributed by atoms with Gasteiger partial charge in [0.2, 0.25) is 5.82 Å². The molecule has 1 aromatic rings. The van der Waals surface area contributed by atoms with Crippen LogP contribution >= 0.6 is 0 Å². The van der Waals surface area contributed by atoms with Crippen molar-refractivity contribution in [2.75, 3.05) is 18.9 Å². The summed E-state index contributed by atoms with van der Waals surface area (Å²) in [5.74, 6) is 0.256. The highest BCUT2D eigenvalue weighted by Gasteiger charge is 2.24. The minimum Gasteiger partial charge on any atom is -0.361 e. The van der Waals surface area contributed by atoms with Crippen molar-refractivity contribution in [1.29, 1.82) is 0 Å². The first-order chi connectivity index (χ1) is 8.90. The molecule has 2 unspecified atom stereocenters. The zero-order valence-electron chi connectivity index (χ0n) is 11.9. The van der Waals surface area contributed by atoms with Crippen LogP contribution in [0.2, 0.25) is 0 Å². The number of nitrogens with zero attached hydrogens (tertiary/aromatic N) is 4. The van der Waals surface area contributed by atoms with E-state index in [-0.39, 0.29) is 17.4 Å². The van der Waals surface area contributed by atoms with Crippen molar-refractivity contribution in [3.8, 4) is 0 Å². The van der Waals surface area contributed by atoms with Crippen molar-refractivity contribution >= 4 is 5.82 Å². The van der Waals surface area contributed by atoms with E-state index in [0.717, 1.165) is 24.0 Å². The molecule has 0 amide bonds. The first-order valence-corrected chi connectivity index (χ1v) is 6.51. The maximum Gasteiger partial charge on any atom is 0.346 e. The van der Waals surface area contributed by atoms with Crippen LogP contribution in [0, 0.1) is 0 Å². The van der Waals surface area contributed by atoms with Crippen molar-refractivity contribution < 1.29 is 0 Å². The molecule has 2 atom stereocenters. The number of hydrogen-bond donors (Lipinski definition) is 1. The van der Waals surface area contributed by atoms with E-state index in [0.29, 0.717) is 6.04 Å². The first kappa shape index (κ1) is 13.8. The van der Waals surface area contributed by atoms with E-state index in [9.17, 15) is 9.59 Å². The molecule has 1 aliphatic rings. The van der Waals surface area contributed by atoms with Gasteiger partial charge in [-0.1, -0.05) is 0 Å². The Kier molecular flexibility index (Phi) is 3.75. The van der Waals surface area contributed by atoms with Gasteiger partial charge in [0.1, 0.15) is 0 Å². The average Bonchev–Trinajstić information content (AvgIpc) is 2.38. The fourth-order valence-corrected chi connectivity index (χ4v) is 2.40. The molecule has 1 aliphatic heterocycles. The summed E-state index contributed by atoms with van der Waals surface area (Å²) in [4.78, 5) is 25.8.